The summed E-state index contributed by atoms with van der Waals surface area (Å²) in [5.74, 6) is -3.30. The maximum absolute atomic E-state index is 13.5. The molecule has 2 aromatic carbocycles. The van der Waals surface area contributed by atoms with Crippen LogP contribution in [0.5, 0.6) is 11.5 Å². The zero-order valence-electron chi connectivity index (χ0n) is 22.6. The first kappa shape index (κ1) is 31.7. The van der Waals surface area contributed by atoms with E-state index in [0.717, 1.165) is 50.9 Å². The molecule has 0 spiro atoms. The van der Waals surface area contributed by atoms with E-state index >= 15 is 0 Å². The number of hydrogen-bond donors (Lipinski definition) is 3. The Morgan fingerprint density at radius 2 is 1.78 bits per heavy atom. The normalized spacial score (nSPS) is 22.0. The number of likely N-dealkylation sites (tertiary alicyclic amines) is 1. The first-order valence-electron chi connectivity index (χ1n) is 12.7. The molecule has 4 rings (SSSR count). The van der Waals surface area contributed by atoms with Gasteiger partial charge in [0.05, 0.1) is 14.2 Å². The number of ether oxygens (including phenoxy) is 2. The van der Waals surface area contributed by atoms with Gasteiger partial charge >= 0.3 is 18.2 Å². The molecule has 2 fully saturated rings. The van der Waals surface area contributed by atoms with E-state index in [1.54, 1.807) is 14.2 Å². The van der Waals surface area contributed by atoms with Gasteiger partial charge in [-0.3, -0.25) is 4.90 Å². The Morgan fingerprint density at radius 3 is 2.37 bits per heavy atom. The molecule has 0 bridgehead atoms. The summed E-state index contributed by atoms with van der Waals surface area (Å²) in [6, 6.07) is 9.19. The Morgan fingerprint density at radius 1 is 1.10 bits per heavy atom. The first-order chi connectivity index (χ1) is 19.3. The lowest BCUT2D eigenvalue weighted by atomic mass is 9.65. The molecule has 41 heavy (non-hydrogen) atoms. The molecule has 1 heterocycles. The average molecular weight is 586 g/mol. The van der Waals surface area contributed by atoms with Gasteiger partial charge < -0.3 is 25.2 Å². The van der Waals surface area contributed by atoms with E-state index in [2.05, 4.69) is 34.2 Å². The van der Waals surface area contributed by atoms with Crippen molar-refractivity contribution in [3.05, 3.63) is 66.3 Å². The monoisotopic (exact) mass is 585 g/mol. The molecule has 13 heteroatoms. The molecule has 3 N–H and O–H groups in total. The Labute approximate surface area is 234 Å². The van der Waals surface area contributed by atoms with Crippen molar-refractivity contribution in [3.63, 3.8) is 0 Å². The SMILES string of the molecule is C=CCN1CCC2(c3ccc(OC)c(OC)c3)CCC(NC(=O)Nc3ccc(F)c(F)c3)CC12.O=C(O)C(F)(F)F. The van der Waals surface area contributed by atoms with Crippen molar-refractivity contribution in [1.82, 2.24) is 10.2 Å². The Balaban J connectivity index is 0.000000587. The van der Waals surface area contributed by atoms with Crippen LogP contribution in [0.1, 0.15) is 31.2 Å². The molecule has 2 aliphatic rings. The second-order valence-corrected chi connectivity index (χ2v) is 9.78. The molecule has 0 aromatic heterocycles. The van der Waals surface area contributed by atoms with E-state index < -0.39 is 29.8 Å². The molecule has 3 atom stereocenters. The number of halogens is 5. The van der Waals surface area contributed by atoms with Crippen LogP contribution >= 0.6 is 0 Å². The number of methoxy groups -OCH3 is 2. The first-order valence-corrected chi connectivity index (χ1v) is 12.7. The van der Waals surface area contributed by atoms with Crippen LogP contribution in [-0.4, -0.2) is 67.6 Å². The number of nitrogens with one attached hydrogen (secondary N) is 2. The van der Waals surface area contributed by atoms with Crippen molar-refractivity contribution in [3.8, 4) is 11.5 Å². The highest BCUT2D eigenvalue weighted by Crippen LogP contribution is 2.50. The Kier molecular flexibility index (Phi) is 10.2. The number of alkyl halides is 3. The number of carbonyl (C=O) groups excluding carboxylic acids is 1. The van der Waals surface area contributed by atoms with Gasteiger partial charge in [0.1, 0.15) is 0 Å². The molecule has 224 valence electrons. The smallest absolute Gasteiger partial charge is 0.490 e. The number of carbonyl (C=O) groups is 2. The second kappa shape index (κ2) is 13.2. The number of benzene rings is 2. The fraction of sp³-hybridized carbons (Fsp3) is 0.429. The van der Waals surface area contributed by atoms with Crippen LogP contribution in [0, 0.1) is 11.6 Å². The van der Waals surface area contributed by atoms with Crippen molar-refractivity contribution < 1.29 is 46.1 Å². The number of hydrogen-bond acceptors (Lipinski definition) is 5. The van der Waals surface area contributed by atoms with Crippen LogP contribution in [-0.2, 0) is 10.2 Å². The van der Waals surface area contributed by atoms with E-state index in [1.165, 1.54) is 11.6 Å². The highest BCUT2D eigenvalue weighted by atomic mass is 19.4. The Bertz CT molecular complexity index is 1260. The summed E-state index contributed by atoms with van der Waals surface area (Å²) < 4.78 is 69.4. The van der Waals surface area contributed by atoms with Crippen LogP contribution in [0.25, 0.3) is 0 Å². The summed E-state index contributed by atoms with van der Waals surface area (Å²) >= 11 is 0. The molecule has 1 aliphatic heterocycles. The molecule has 1 saturated heterocycles. The quantitative estimate of drug-likeness (QED) is 0.294. The molecule has 2 aromatic rings. The predicted molar refractivity (Wildman–Crippen MR) is 141 cm³/mol. The van der Waals surface area contributed by atoms with Crippen molar-refractivity contribution in [2.24, 2.45) is 0 Å². The third-order valence-electron chi connectivity index (χ3n) is 7.45. The van der Waals surface area contributed by atoms with Crippen molar-refractivity contribution >= 4 is 17.7 Å². The lowest BCUT2D eigenvalue weighted by Crippen LogP contribution is -2.53. The molecule has 1 saturated carbocycles. The van der Waals surface area contributed by atoms with Gasteiger partial charge in [-0.15, -0.1) is 6.58 Å². The number of carboxylic acid groups (broad SMARTS) is 1. The van der Waals surface area contributed by atoms with E-state index in [4.69, 9.17) is 19.4 Å². The summed E-state index contributed by atoms with van der Waals surface area (Å²) in [5.41, 5.74) is 1.37. The van der Waals surface area contributed by atoms with Crippen molar-refractivity contribution in [2.45, 2.75) is 49.4 Å². The molecule has 1 aliphatic carbocycles. The van der Waals surface area contributed by atoms with Crippen molar-refractivity contribution in [1.29, 1.82) is 0 Å². The molecule has 8 nitrogen and oxygen atoms in total. The van der Waals surface area contributed by atoms with Gasteiger partial charge in [0.15, 0.2) is 23.1 Å². The molecule has 3 unspecified atom stereocenters. The van der Waals surface area contributed by atoms with Crippen LogP contribution in [0.15, 0.2) is 49.1 Å². The van der Waals surface area contributed by atoms with Gasteiger partial charge in [0.25, 0.3) is 0 Å². The number of carboxylic acids is 1. The summed E-state index contributed by atoms with van der Waals surface area (Å²) in [7, 11) is 3.27. The summed E-state index contributed by atoms with van der Waals surface area (Å²) in [6.07, 6.45) is 0.314. The van der Waals surface area contributed by atoms with Crippen LogP contribution in [0.2, 0.25) is 0 Å². The maximum atomic E-state index is 13.5. The van der Waals surface area contributed by atoms with E-state index in [-0.39, 0.29) is 23.2 Å². The topological polar surface area (TPSA) is 100 Å². The highest BCUT2D eigenvalue weighted by Gasteiger charge is 2.51. The standard InChI is InChI=1S/C26H31F2N3O3.C2HF3O2/c1-4-12-31-13-11-26(17-5-8-22(33-2)23(14-17)34-3)10-9-19(16-24(26)31)30-25(32)29-18-6-7-20(27)21(28)15-18;3-2(4,5)1(6)7/h4-8,14-15,19,24H,1,9-13,16H2,2-3H3,(H2,29,30,32);(H,6,7). The fourth-order valence-corrected chi connectivity index (χ4v) is 5.57. The second-order valence-electron chi connectivity index (χ2n) is 9.78. The van der Waals surface area contributed by atoms with E-state index in [1.807, 2.05) is 12.1 Å². The number of urea groups is 1. The maximum Gasteiger partial charge on any atom is 0.490 e. The van der Waals surface area contributed by atoms with Gasteiger partial charge in [-0.1, -0.05) is 12.1 Å². The minimum Gasteiger partial charge on any atom is -0.493 e. The fourth-order valence-electron chi connectivity index (χ4n) is 5.57. The predicted octanol–water partition coefficient (Wildman–Crippen LogP) is 5.49. The molecular weight excluding hydrogens is 553 g/mol. The van der Waals surface area contributed by atoms with E-state index in [9.17, 15) is 26.7 Å². The molecular formula is C28H32F5N3O5. The number of rotatable bonds is 7. The van der Waals surface area contributed by atoms with Crippen molar-refractivity contribution in [2.75, 3.05) is 32.6 Å². The summed E-state index contributed by atoms with van der Waals surface area (Å²) in [6.45, 7) is 5.63. The van der Waals surface area contributed by atoms with Crippen LogP contribution < -0.4 is 20.1 Å². The van der Waals surface area contributed by atoms with Crippen LogP contribution in [0.4, 0.5) is 32.4 Å². The highest BCUT2D eigenvalue weighted by molar-refractivity contribution is 5.89. The van der Waals surface area contributed by atoms with Gasteiger partial charge in [-0.25, -0.2) is 18.4 Å². The Hall–Kier alpha value is -3.87. The molecule has 0 radical (unpaired) electrons. The van der Waals surface area contributed by atoms with Gasteiger partial charge in [-0.05, 0) is 62.1 Å². The number of aliphatic carboxylic acids is 1. The van der Waals surface area contributed by atoms with E-state index in [0.29, 0.717) is 11.5 Å². The number of amides is 2. The third-order valence-corrected chi connectivity index (χ3v) is 7.45. The zero-order chi connectivity index (χ0) is 30.4. The largest absolute Gasteiger partial charge is 0.493 e. The van der Waals surface area contributed by atoms with Crippen LogP contribution in [0.3, 0.4) is 0 Å². The lowest BCUT2D eigenvalue weighted by molar-refractivity contribution is -0.192. The zero-order valence-corrected chi connectivity index (χ0v) is 22.6. The minimum absolute atomic E-state index is 0.0472. The molecule has 2 amide bonds. The summed E-state index contributed by atoms with van der Waals surface area (Å²) in [5, 5.41) is 12.8. The third kappa shape index (κ3) is 7.46. The van der Waals surface area contributed by atoms with Gasteiger partial charge in [0.2, 0.25) is 0 Å². The number of fused-ring (bicyclic) bond motifs is 1. The average Bonchev–Trinajstić information content (AvgIpc) is 3.29. The number of nitrogens with zero attached hydrogens (tertiary/aromatic N) is 1. The summed E-state index contributed by atoms with van der Waals surface area (Å²) in [4.78, 5) is 23.9. The van der Waals surface area contributed by atoms with Gasteiger partial charge in [-0.2, -0.15) is 13.2 Å². The number of anilines is 1. The van der Waals surface area contributed by atoms with Gasteiger partial charge in [0, 0.05) is 35.8 Å². The minimum atomic E-state index is -5.08. The lowest BCUT2D eigenvalue weighted by Gasteiger charge is -2.45.